The first kappa shape index (κ1) is 18.7. The molecule has 1 aliphatic carbocycles. The molecule has 1 aromatic rings. The van der Waals surface area contributed by atoms with Gasteiger partial charge in [0, 0.05) is 30.1 Å². The smallest absolute Gasteiger partial charge is 0.239 e. The minimum atomic E-state index is -0.535. The predicted molar refractivity (Wildman–Crippen MR) is 103 cm³/mol. The third-order valence-electron chi connectivity index (χ3n) is 5.87. The molecule has 4 atom stereocenters. The second-order valence-electron chi connectivity index (χ2n) is 7.19. The Morgan fingerprint density at radius 1 is 1.16 bits per heavy atom. The van der Waals surface area contributed by atoms with Crippen LogP contribution in [0.4, 0.5) is 5.69 Å². The van der Waals surface area contributed by atoms with Crippen LogP contribution < -0.4 is 10.6 Å². The Morgan fingerprint density at radius 2 is 1.92 bits per heavy atom. The van der Waals surface area contributed by atoms with Gasteiger partial charge in [0.25, 0.3) is 0 Å². The number of hydrogen-bond donors (Lipinski definition) is 1. The summed E-state index contributed by atoms with van der Waals surface area (Å²) in [4.78, 5) is 29.3. The van der Waals surface area contributed by atoms with E-state index in [4.69, 9.17) is 5.73 Å². The highest BCUT2D eigenvalue weighted by Crippen LogP contribution is 2.39. The second kappa shape index (κ2) is 7.25. The fourth-order valence-corrected chi connectivity index (χ4v) is 5.03. The van der Waals surface area contributed by atoms with Gasteiger partial charge in [0.05, 0.1) is 5.69 Å². The zero-order chi connectivity index (χ0) is 16.8. The summed E-state index contributed by atoms with van der Waals surface area (Å²) >= 11 is 3.49. The molecular formula is C18H23BrClN3O2. The molecule has 3 aliphatic rings. The van der Waals surface area contributed by atoms with Crippen LogP contribution in [0.5, 0.6) is 0 Å². The van der Waals surface area contributed by atoms with Gasteiger partial charge >= 0.3 is 0 Å². The van der Waals surface area contributed by atoms with E-state index >= 15 is 0 Å². The maximum atomic E-state index is 12.9. The summed E-state index contributed by atoms with van der Waals surface area (Å²) in [5.74, 6) is 0.334. The summed E-state index contributed by atoms with van der Waals surface area (Å²) in [6.45, 7) is 2.09. The third kappa shape index (κ3) is 3.20. The zero-order valence-corrected chi connectivity index (χ0v) is 16.3. The molecule has 4 unspecified atom stereocenters. The number of halogens is 2. The SMILES string of the molecule is Cl.NC1CCC2CN(C(=O)C3CCN(c4ccccc4Br)C3=O)CC12. The van der Waals surface area contributed by atoms with E-state index in [1.165, 1.54) is 0 Å². The molecule has 2 amide bonds. The van der Waals surface area contributed by atoms with Crippen LogP contribution >= 0.6 is 28.3 Å². The Kier molecular flexibility index (Phi) is 5.42. The molecule has 1 aromatic carbocycles. The molecule has 2 saturated heterocycles. The van der Waals surface area contributed by atoms with E-state index in [-0.39, 0.29) is 30.3 Å². The van der Waals surface area contributed by atoms with Crippen molar-refractivity contribution in [2.24, 2.45) is 23.5 Å². The van der Waals surface area contributed by atoms with Gasteiger partial charge in [-0.3, -0.25) is 9.59 Å². The molecule has 7 heteroatoms. The van der Waals surface area contributed by atoms with Crippen LogP contribution in [0.1, 0.15) is 19.3 Å². The molecule has 2 N–H and O–H groups in total. The predicted octanol–water partition coefficient (Wildman–Crippen LogP) is 2.42. The van der Waals surface area contributed by atoms with E-state index in [2.05, 4.69) is 15.9 Å². The van der Waals surface area contributed by atoms with Crippen molar-refractivity contribution < 1.29 is 9.59 Å². The number of rotatable bonds is 2. The van der Waals surface area contributed by atoms with E-state index in [1.54, 1.807) is 4.90 Å². The number of benzene rings is 1. The zero-order valence-electron chi connectivity index (χ0n) is 13.9. The molecular weight excluding hydrogens is 406 g/mol. The molecule has 0 bridgehead atoms. The first-order valence-electron chi connectivity index (χ1n) is 8.66. The van der Waals surface area contributed by atoms with Gasteiger partial charge in [-0.05, 0) is 59.2 Å². The Bertz CT molecular complexity index is 686. The van der Waals surface area contributed by atoms with E-state index in [1.807, 2.05) is 29.2 Å². The van der Waals surface area contributed by atoms with Crippen LogP contribution in [0.2, 0.25) is 0 Å². The standard InChI is InChI=1S/C18H22BrN3O2.ClH/c19-14-3-1-2-4-16(14)22-8-7-12(18(22)24)17(23)21-9-11-5-6-15(20)13(11)10-21;/h1-4,11-13,15H,5-10,20H2;1H. The number of carbonyl (C=O) groups excluding carboxylic acids is 2. The number of hydrogen-bond acceptors (Lipinski definition) is 3. The van der Waals surface area contributed by atoms with Crippen molar-refractivity contribution in [3.05, 3.63) is 28.7 Å². The van der Waals surface area contributed by atoms with E-state index < -0.39 is 5.92 Å². The Morgan fingerprint density at radius 3 is 2.64 bits per heavy atom. The van der Waals surface area contributed by atoms with Crippen molar-refractivity contribution in [1.29, 1.82) is 0 Å². The number of amides is 2. The summed E-state index contributed by atoms with van der Waals surface area (Å²) in [7, 11) is 0. The van der Waals surface area contributed by atoms with Gasteiger partial charge in [0.1, 0.15) is 5.92 Å². The number of nitrogens with two attached hydrogens (primary N) is 1. The van der Waals surface area contributed by atoms with Crippen LogP contribution in [0.3, 0.4) is 0 Å². The highest BCUT2D eigenvalue weighted by molar-refractivity contribution is 9.10. The number of likely N-dealkylation sites (tertiary alicyclic amines) is 1. The molecule has 5 nitrogen and oxygen atoms in total. The average Bonchev–Trinajstić information content (AvgIpc) is 3.24. The lowest BCUT2D eigenvalue weighted by Gasteiger charge is -2.22. The maximum absolute atomic E-state index is 12.9. The Balaban J connectivity index is 0.00000182. The Hall–Kier alpha value is -1.11. The quantitative estimate of drug-likeness (QED) is 0.736. The fourth-order valence-electron chi connectivity index (χ4n) is 4.53. The number of carbonyl (C=O) groups is 2. The van der Waals surface area contributed by atoms with Gasteiger partial charge in [-0.25, -0.2) is 0 Å². The highest BCUT2D eigenvalue weighted by Gasteiger charge is 2.46. The summed E-state index contributed by atoms with van der Waals surface area (Å²) in [5.41, 5.74) is 7.00. The fraction of sp³-hybridized carbons (Fsp3) is 0.556. The van der Waals surface area contributed by atoms with Gasteiger partial charge in [0.2, 0.25) is 11.8 Å². The van der Waals surface area contributed by atoms with Crippen molar-refractivity contribution >= 4 is 45.8 Å². The first-order valence-corrected chi connectivity index (χ1v) is 9.46. The number of fused-ring (bicyclic) bond motifs is 1. The lowest BCUT2D eigenvalue weighted by Crippen LogP contribution is -2.40. The molecule has 4 rings (SSSR count). The molecule has 136 valence electrons. The normalized spacial score (nSPS) is 31.2. The van der Waals surface area contributed by atoms with Gasteiger partial charge in [-0.2, -0.15) is 0 Å². The second-order valence-corrected chi connectivity index (χ2v) is 8.05. The van der Waals surface area contributed by atoms with Crippen molar-refractivity contribution in [3.63, 3.8) is 0 Å². The molecule has 0 spiro atoms. The minimum Gasteiger partial charge on any atom is -0.341 e. The van der Waals surface area contributed by atoms with Crippen molar-refractivity contribution in [3.8, 4) is 0 Å². The van der Waals surface area contributed by atoms with Gasteiger partial charge in [0.15, 0.2) is 0 Å². The number of anilines is 1. The topological polar surface area (TPSA) is 66.6 Å². The first-order chi connectivity index (χ1) is 11.6. The number of para-hydroxylation sites is 1. The van der Waals surface area contributed by atoms with E-state index in [0.29, 0.717) is 24.8 Å². The summed E-state index contributed by atoms with van der Waals surface area (Å²) < 4.78 is 0.883. The number of nitrogens with zero attached hydrogens (tertiary/aromatic N) is 2. The lowest BCUT2D eigenvalue weighted by atomic mass is 9.98. The summed E-state index contributed by atoms with van der Waals surface area (Å²) in [5, 5.41) is 0. The third-order valence-corrected chi connectivity index (χ3v) is 6.54. The summed E-state index contributed by atoms with van der Waals surface area (Å²) in [6, 6.07) is 7.87. The monoisotopic (exact) mass is 427 g/mol. The van der Waals surface area contributed by atoms with Gasteiger partial charge in [-0.1, -0.05) is 12.1 Å². The van der Waals surface area contributed by atoms with Gasteiger partial charge < -0.3 is 15.5 Å². The molecule has 0 radical (unpaired) electrons. The molecule has 1 saturated carbocycles. The maximum Gasteiger partial charge on any atom is 0.239 e. The van der Waals surface area contributed by atoms with Crippen LogP contribution in [0, 0.1) is 17.8 Å². The largest absolute Gasteiger partial charge is 0.341 e. The van der Waals surface area contributed by atoms with Crippen molar-refractivity contribution in [1.82, 2.24) is 4.90 Å². The summed E-state index contributed by atoms with van der Waals surface area (Å²) in [6.07, 6.45) is 2.77. The van der Waals surface area contributed by atoms with Crippen LogP contribution in [0.15, 0.2) is 28.7 Å². The van der Waals surface area contributed by atoms with Crippen LogP contribution in [0.25, 0.3) is 0 Å². The van der Waals surface area contributed by atoms with E-state index in [0.717, 1.165) is 36.1 Å². The van der Waals surface area contributed by atoms with E-state index in [9.17, 15) is 9.59 Å². The van der Waals surface area contributed by atoms with Crippen LogP contribution in [-0.2, 0) is 9.59 Å². The van der Waals surface area contributed by atoms with Crippen molar-refractivity contribution in [2.75, 3.05) is 24.5 Å². The molecule has 2 aliphatic heterocycles. The lowest BCUT2D eigenvalue weighted by molar-refractivity contribution is -0.139. The van der Waals surface area contributed by atoms with Crippen molar-refractivity contribution in [2.45, 2.75) is 25.3 Å². The molecule has 2 heterocycles. The minimum absolute atomic E-state index is 0. The van der Waals surface area contributed by atoms with Crippen LogP contribution in [-0.4, -0.2) is 42.4 Å². The highest BCUT2D eigenvalue weighted by atomic mass is 79.9. The molecule has 0 aromatic heterocycles. The Labute approximate surface area is 162 Å². The van der Waals surface area contributed by atoms with Gasteiger partial charge in [-0.15, -0.1) is 12.4 Å². The average molecular weight is 429 g/mol. The molecule has 3 fully saturated rings. The molecule has 25 heavy (non-hydrogen) atoms.